The average Bonchev–Trinajstić information content (AvgIpc) is 2.79. The van der Waals surface area contributed by atoms with Gasteiger partial charge < -0.3 is 13.8 Å². The largest absolute Gasteiger partial charge is 0.493 e. The van der Waals surface area contributed by atoms with E-state index in [0.717, 1.165) is 0 Å². The van der Waals surface area contributed by atoms with Crippen molar-refractivity contribution in [3.63, 3.8) is 0 Å². The van der Waals surface area contributed by atoms with Crippen LogP contribution in [0.4, 0.5) is 0 Å². The standard InChI is InChI=1S/C24H22Cl3NO5S/c1-15(2)28(24(29)18-6-4-5-7-19(18)25)14-16-8-11-22(32-3)23(12-16)33-34(30,31)17-9-10-20(26)21(27)13-17/h4-13,15H,14H2,1-3H3. The average molecular weight is 543 g/mol. The molecule has 0 N–H and O–H groups in total. The Kier molecular flexibility index (Phi) is 8.36. The second kappa shape index (κ2) is 10.9. The van der Waals surface area contributed by atoms with Crippen LogP contribution in [-0.4, -0.2) is 32.4 Å². The highest BCUT2D eigenvalue weighted by Crippen LogP contribution is 2.33. The lowest BCUT2D eigenvalue weighted by Gasteiger charge is -2.27. The highest BCUT2D eigenvalue weighted by molar-refractivity contribution is 7.87. The lowest BCUT2D eigenvalue weighted by molar-refractivity contribution is 0.0690. The summed E-state index contributed by atoms with van der Waals surface area (Å²) in [5.41, 5.74) is 1.01. The first-order valence-electron chi connectivity index (χ1n) is 10.2. The van der Waals surface area contributed by atoms with Crippen molar-refractivity contribution in [3.8, 4) is 11.5 Å². The Morgan fingerprint density at radius 3 is 2.24 bits per heavy atom. The molecule has 180 valence electrons. The van der Waals surface area contributed by atoms with Gasteiger partial charge in [0.15, 0.2) is 11.5 Å². The Morgan fingerprint density at radius 2 is 1.62 bits per heavy atom. The summed E-state index contributed by atoms with van der Waals surface area (Å²) in [5.74, 6) is -0.0665. The zero-order valence-corrected chi connectivity index (χ0v) is 21.7. The zero-order chi connectivity index (χ0) is 25.0. The molecule has 3 rings (SSSR count). The molecule has 0 aromatic heterocycles. The summed E-state index contributed by atoms with van der Waals surface area (Å²) >= 11 is 18.1. The maximum absolute atomic E-state index is 13.2. The number of hydrogen-bond acceptors (Lipinski definition) is 5. The number of carbonyl (C=O) groups excluding carboxylic acids is 1. The van der Waals surface area contributed by atoms with Crippen molar-refractivity contribution in [1.82, 2.24) is 4.90 Å². The summed E-state index contributed by atoms with van der Waals surface area (Å²) in [6, 6.07) is 15.3. The quantitative estimate of drug-likeness (QED) is 0.305. The van der Waals surface area contributed by atoms with Gasteiger partial charge in [-0.15, -0.1) is 0 Å². The van der Waals surface area contributed by atoms with Crippen LogP contribution >= 0.6 is 34.8 Å². The zero-order valence-electron chi connectivity index (χ0n) is 18.6. The normalized spacial score (nSPS) is 11.4. The van der Waals surface area contributed by atoms with Crippen LogP contribution in [0.3, 0.4) is 0 Å². The maximum atomic E-state index is 13.2. The van der Waals surface area contributed by atoms with E-state index in [0.29, 0.717) is 16.1 Å². The van der Waals surface area contributed by atoms with Gasteiger partial charge in [-0.1, -0.05) is 53.0 Å². The topological polar surface area (TPSA) is 72.9 Å². The highest BCUT2D eigenvalue weighted by Gasteiger charge is 2.24. The number of nitrogens with zero attached hydrogens (tertiary/aromatic N) is 1. The van der Waals surface area contributed by atoms with Gasteiger partial charge in [0.25, 0.3) is 5.91 Å². The molecule has 6 nitrogen and oxygen atoms in total. The molecular formula is C24H22Cl3NO5S. The van der Waals surface area contributed by atoms with Gasteiger partial charge >= 0.3 is 10.1 Å². The van der Waals surface area contributed by atoms with Crippen LogP contribution in [0.25, 0.3) is 0 Å². The molecule has 1 amide bonds. The van der Waals surface area contributed by atoms with Crippen LogP contribution < -0.4 is 8.92 Å². The Hall–Kier alpha value is -2.45. The number of hydrogen-bond donors (Lipinski definition) is 0. The molecule has 0 unspecified atom stereocenters. The van der Waals surface area contributed by atoms with Gasteiger partial charge in [0, 0.05) is 12.6 Å². The van der Waals surface area contributed by atoms with Gasteiger partial charge in [-0.05, 0) is 61.9 Å². The minimum absolute atomic E-state index is 0.0278. The van der Waals surface area contributed by atoms with E-state index in [1.165, 1.54) is 31.4 Å². The first kappa shape index (κ1) is 26.2. The third-order valence-electron chi connectivity index (χ3n) is 4.95. The van der Waals surface area contributed by atoms with E-state index in [9.17, 15) is 13.2 Å². The molecule has 0 aliphatic heterocycles. The summed E-state index contributed by atoms with van der Waals surface area (Å²) in [6.45, 7) is 3.95. The predicted molar refractivity (Wildman–Crippen MR) is 134 cm³/mol. The Morgan fingerprint density at radius 1 is 0.912 bits per heavy atom. The number of rotatable bonds is 8. The fraction of sp³-hybridized carbons (Fsp3) is 0.208. The molecule has 0 saturated carbocycles. The third kappa shape index (κ3) is 5.96. The smallest absolute Gasteiger partial charge is 0.339 e. The van der Waals surface area contributed by atoms with Gasteiger partial charge in [-0.25, -0.2) is 0 Å². The number of ether oxygens (including phenoxy) is 1. The Balaban J connectivity index is 1.92. The van der Waals surface area contributed by atoms with Crippen molar-refractivity contribution < 1.29 is 22.1 Å². The molecule has 0 atom stereocenters. The molecule has 10 heteroatoms. The van der Waals surface area contributed by atoms with Gasteiger partial charge in [-0.2, -0.15) is 8.42 Å². The molecule has 0 fully saturated rings. The van der Waals surface area contributed by atoms with Crippen molar-refractivity contribution in [2.75, 3.05) is 7.11 Å². The van der Waals surface area contributed by atoms with E-state index in [-0.39, 0.29) is 44.9 Å². The van der Waals surface area contributed by atoms with Crippen molar-refractivity contribution >= 4 is 50.8 Å². The number of methoxy groups -OCH3 is 1. The van der Waals surface area contributed by atoms with Gasteiger partial charge in [0.1, 0.15) is 4.90 Å². The van der Waals surface area contributed by atoms with Crippen LogP contribution in [-0.2, 0) is 16.7 Å². The molecule has 0 heterocycles. The lowest BCUT2D eigenvalue weighted by atomic mass is 10.1. The van der Waals surface area contributed by atoms with Gasteiger partial charge in [-0.3, -0.25) is 4.79 Å². The van der Waals surface area contributed by atoms with E-state index in [1.807, 2.05) is 13.8 Å². The van der Waals surface area contributed by atoms with E-state index in [2.05, 4.69) is 0 Å². The summed E-state index contributed by atoms with van der Waals surface area (Å²) in [4.78, 5) is 14.6. The van der Waals surface area contributed by atoms with E-state index < -0.39 is 10.1 Å². The molecule has 0 aliphatic rings. The molecule has 0 radical (unpaired) electrons. The number of amides is 1. The molecule has 34 heavy (non-hydrogen) atoms. The number of halogens is 3. The van der Waals surface area contributed by atoms with Crippen LogP contribution in [0, 0.1) is 0 Å². The first-order valence-corrected chi connectivity index (χ1v) is 12.7. The summed E-state index contributed by atoms with van der Waals surface area (Å²) in [5, 5.41) is 0.652. The minimum atomic E-state index is -4.23. The van der Waals surface area contributed by atoms with Crippen LogP contribution in [0.5, 0.6) is 11.5 Å². The van der Waals surface area contributed by atoms with Crippen molar-refractivity contribution in [2.24, 2.45) is 0 Å². The fourth-order valence-corrected chi connectivity index (χ4v) is 4.70. The number of benzene rings is 3. The van der Waals surface area contributed by atoms with Gasteiger partial charge in [0.05, 0.1) is 27.7 Å². The van der Waals surface area contributed by atoms with E-state index in [1.54, 1.807) is 41.3 Å². The van der Waals surface area contributed by atoms with Crippen LogP contribution in [0.1, 0.15) is 29.8 Å². The fourth-order valence-electron chi connectivity index (χ4n) is 3.16. The second-order valence-corrected chi connectivity index (χ2v) is 10.4. The van der Waals surface area contributed by atoms with Crippen molar-refractivity contribution in [3.05, 3.63) is 86.9 Å². The van der Waals surface area contributed by atoms with Crippen LogP contribution in [0.2, 0.25) is 15.1 Å². The third-order valence-corrected chi connectivity index (χ3v) is 7.25. The van der Waals surface area contributed by atoms with E-state index >= 15 is 0 Å². The van der Waals surface area contributed by atoms with Crippen molar-refractivity contribution in [1.29, 1.82) is 0 Å². The highest BCUT2D eigenvalue weighted by atomic mass is 35.5. The van der Waals surface area contributed by atoms with Gasteiger partial charge in [0.2, 0.25) is 0 Å². The Bertz CT molecular complexity index is 1310. The monoisotopic (exact) mass is 541 g/mol. The summed E-state index contributed by atoms with van der Waals surface area (Å²) in [7, 11) is -2.83. The number of carbonyl (C=O) groups is 1. The van der Waals surface area contributed by atoms with E-state index in [4.69, 9.17) is 43.7 Å². The molecule has 0 spiro atoms. The first-order chi connectivity index (χ1) is 16.0. The SMILES string of the molecule is COc1ccc(CN(C(=O)c2ccccc2Cl)C(C)C)cc1OS(=O)(=O)c1ccc(Cl)c(Cl)c1. The molecule has 3 aromatic carbocycles. The van der Waals surface area contributed by atoms with Crippen molar-refractivity contribution in [2.45, 2.75) is 31.3 Å². The maximum Gasteiger partial charge on any atom is 0.339 e. The molecule has 0 aliphatic carbocycles. The van der Waals surface area contributed by atoms with Crippen LogP contribution in [0.15, 0.2) is 65.6 Å². The predicted octanol–water partition coefficient (Wildman–Crippen LogP) is 6.47. The Labute approximate surface area is 214 Å². The lowest BCUT2D eigenvalue weighted by Crippen LogP contribution is -2.36. The molecular weight excluding hydrogens is 521 g/mol. The summed E-state index contributed by atoms with van der Waals surface area (Å²) in [6.07, 6.45) is 0. The molecule has 3 aromatic rings. The molecule has 0 bridgehead atoms. The molecule has 0 saturated heterocycles. The second-order valence-electron chi connectivity index (χ2n) is 7.61. The summed E-state index contributed by atoms with van der Waals surface area (Å²) < 4.78 is 36.3. The minimum Gasteiger partial charge on any atom is -0.493 e.